The summed E-state index contributed by atoms with van der Waals surface area (Å²) < 4.78 is 21.6. The Morgan fingerprint density at radius 3 is 2.94 bits per heavy atom. The monoisotopic (exact) mass is 269 g/mol. The van der Waals surface area contributed by atoms with Gasteiger partial charge in [0.15, 0.2) is 11.5 Å². The van der Waals surface area contributed by atoms with Gasteiger partial charge in [0.2, 0.25) is 6.79 Å². The van der Waals surface area contributed by atoms with Crippen molar-refractivity contribution in [3.63, 3.8) is 0 Å². The second kappa shape index (κ2) is 6.20. The molecule has 1 aliphatic rings. The maximum atomic E-state index is 11.0. The third-order valence-electron chi connectivity index (χ3n) is 2.93. The summed E-state index contributed by atoms with van der Waals surface area (Å²) in [4.78, 5) is 0. The van der Waals surface area contributed by atoms with Crippen molar-refractivity contribution in [2.24, 2.45) is 0 Å². The highest BCUT2D eigenvalue weighted by atomic mass is 32.2. The third-order valence-corrected chi connectivity index (χ3v) is 3.74. The second-order valence-corrected chi connectivity index (χ2v) is 6.09. The van der Waals surface area contributed by atoms with Crippen LogP contribution in [0, 0.1) is 0 Å². The lowest BCUT2D eigenvalue weighted by Gasteiger charge is -2.13. The maximum absolute atomic E-state index is 11.0. The van der Waals surface area contributed by atoms with Crippen LogP contribution in [0.3, 0.4) is 0 Å². The first-order chi connectivity index (χ1) is 8.65. The first-order valence-corrected chi connectivity index (χ1v) is 7.80. The number of ether oxygens (including phenoxy) is 2. The third kappa shape index (κ3) is 3.71. The molecule has 0 saturated carbocycles. The molecule has 0 aliphatic carbocycles. The van der Waals surface area contributed by atoms with Crippen molar-refractivity contribution in [3.05, 3.63) is 23.8 Å². The molecule has 5 heteroatoms. The molecule has 0 spiro atoms. The van der Waals surface area contributed by atoms with Gasteiger partial charge in [0, 0.05) is 35.4 Å². The van der Waals surface area contributed by atoms with Crippen LogP contribution in [0.25, 0.3) is 0 Å². The molecule has 1 heterocycles. The smallest absolute Gasteiger partial charge is 0.231 e. The molecule has 2 unspecified atom stereocenters. The van der Waals surface area contributed by atoms with E-state index >= 15 is 0 Å². The van der Waals surface area contributed by atoms with E-state index in [1.165, 1.54) is 5.56 Å². The minimum atomic E-state index is -0.711. The van der Waals surface area contributed by atoms with Crippen molar-refractivity contribution in [1.29, 1.82) is 0 Å². The minimum absolute atomic E-state index is 0.310. The normalized spacial score (nSPS) is 16.6. The molecule has 2 rings (SSSR count). The Balaban J connectivity index is 1.81. The summed E-state index contributed by atoms with van der Waals surface area (Å²) in [6.45, 7) is 3.21. The van der Waals surface area contributed by atoms with E-state index in [9.17, 15) is 4.21 Å². The quantitative estimate of drug-likeness (QED) is 0.853. The van der Waals surface area contributed by atoms with E-state index < -0.39 is 10.8 Å². The molecule has 1 N–H and O–H groups in total. The lowest BCUT2D eigenvalue weighted by Crippen LogP contribution is -2.26. The minimum Gasteiger partial charge on any atom is -0.454 e. The molecular weight excluding hydrogens is 250 g/mol. The van der Waals surface area contributed by atoms with E-state index in [1.54, 1.807) is 6.26 Å². The Kier molecular flexibility index (Phi) is 4.60. The average molecular weight is 269 g/mol. The lowest BCUT2D eigenvalue weighted by molar-refractivity contribution is 0.174. The van der Waals surface area contributed by atoms with Gasteiger partial charge in [-0.05, 0) is 31.0 Å². The van der Waals surface area contributed by atoms with Crippen LogP contribution in [-0.2, 0) is 17.3 Å². The average Bonchev–Trinajstić information content (AvgIpc) is 2.81. The van der Waals surface area contributed by atoms with Crippen LogP contribution in [0.5, 0.6) is 11.5 Å². The Morgan fingerprint density at radius 1 is 1.39 bits per heavy atom. The van der Waals surface area contributed by atoms with Gasteiger partial charge in [0.25, 0.3) is 0 Å². The summed E-state index contributed by atoms with van der Waals surface area (Å²) >= 11 is 0. The Bertz CT molecular complexity index is 436. The molecule has 2 atom stereocenters. The SMILES string of the molecule is CC(CCS(C)=O)NCc1ccc2c(c1)OCO2. The van der Waals surface area contributed by atoms with Crippen molar-refractivity contribution in [2.45, 2.75) is 25.9 Å². The van der Waals surface area contributed by atoms with Crippen molar-refractivity contribution in [3.8, 4) is 11.5 Å². The van der Waals surface area contributed by atoms with Gasteiger partial charge in [0.05, 0.1) is 0 Å². The second-order valence-electron chi connectivity index (χ2n) is 4.54. The van der Waals surface area contributed by atoms with Crippen molar-refractivity contribution in [2.75, 3.05) is 18.8 Å². The van der Waals surface area contributed by atoms with Crippen LogP contribution in [-0.4, -0.2) is 29.1 Å². The zero-order valence-electron chi connectivity index (χ0n) is 10.8. The van der Waals surface area contributed by atoms with Gasteiger partial charge < -0.3 is 14.8 Å². The highest BCUT2D eigenvalue weighted by Gasteiger charge is 2.13. The van der Waals surface area contributed by atoms with E-state index in [4.69, 9.17) is 9.47 Å². The predicted octanol–water partition coefficient (Wildman–Crippen LogP) is 1.66. The van der Waals surface area contributed by atoms with E-state index in [0.29, 0.717) is 12.8 Å². The van der Waals surface area contributed by atoms with E-state index in [-0.39, 0.29) is 0 Å². The van der Waals surface area contributed by atoms with Gasteiger partial charge in [-0.2, -0.15) is 0 Å². The lowest BCUT2D eigenvalue weighted by atomic mass is 10.2. The molecule has 4 nitrogen and oxygen atoms in total. The fourth-order valence-electron chi connectivity index (χ4n) is 1.79. The molecule has 1 aromatic carbocycles. The Morgan fingerprint density at radius 2 is 2.17 bits per heavy atom. The van der Waals surface area contributed by atoms with Gasteiger partial charge >= 0.3 is 0 Å². The molecule has 0 radical (unpaired) electrons. The van der Waals surface area contributed by atoms with Crippen molar-refractivity contribution < 1.29 is 13.7 Å². The zero-order valence-corrected chi connectivity index (χ0v) is 11.6. The van der Waals surface area contributed by atoms with Crippen LogP contribution in [0.1, 0.15) is 18.9 Å². The summed E-state index contributed by atoms with van der Waals surface area (Å²) in [5, 5.41) is 3.41. The highest BCUT2D eigenvalue weighted by molar-refractivity contribution is 7.84. The fraction of sp³-hybridized carbons (Fsp3) is 0.538. The molecular formula is C13H19NO3S. The molecule has 0 amide bonds. The Labute approximate surface area is 110 Å². The summed E-state index contributed by atoms with van der Waals surface area (Å²) in [7, 11) is -0.711. The largest absolute Gasteiger partial charge is 0.454 e. The number of hydrogen-bond acceptors (Lipinski definition) is 4. The first kappa shape index (κ1) is 13.4. The van der Waals surface area contributed by atoms with Crippen LogP contribution in [0.4, 0.5) is 0 Å². The molecule has 0 fully saturated rings. The van der Waals surface area contributed by atoms with Gasteiger partial charge in [-0.25, -0.2) is 0 Å². The zero-order chi connectivity index (χ0) is 13.0. The molecule has 0 bridgehead atoms. The molecule has 0 aromatic heterocycles. The van der Waals surface area contributed by atoms with Gasteiger partial charge in [-0.15, -0.1) is 0 Å². The van der Waals surface area contributed by atoms with E-state index in [2.05, 4.69) is 12.2 Å². The number of nitrogens with one attached hydrogen (secondary N) is 1. The molecule has 1 aromatic rings. The number of fused-ring (bicyclic) bond motifs is 1. The summed E-state index contributed by atoms with van der Waals surface area (Å²) in [6.07, 6.45) is 2.66. The van der Waals surface area contributed by atoms with Crippen LogP contribution >= 0.6 is 0 Å². The van der Waals surface area contributed by atoms with Gasteiger partial charge in [-0.1, -0.05) is 6.07 Å². The topological polar surface area (TPSA) is 47.6 Å². The fourth-order valence-corrected chi connectivity index (χ4v) is 2.47. The summed E-state index contributed by atoms with van der Waals surface area (Å²) in [5.74, 6) is 2.37. The molecule has 1 aliphatic heterocycles. The molecule has 100 valence electrons. The highest BCUT2D eigenvalue weighted by Crippen LogP contribution is 2.32. The van der Waals surface area contributed by atoms with Crippen LogP contribution in [0.15, 0.2) is 18.2 Å². The van der Waals surface area contributed by atoms with E-state index in [0.717, 1.165) is 30.2 Å². The van der Waals surface area contributed by atoms with Crippen LogP contribution in [0.2, 0.25) is 0 Å². The van der Waals surface area contributed by atoms with Gasteiger partial charge in [-0.3, -0.25) is 4.21 Å². The maximum Gasteiger partial charge on any atom is 0.231 e. The molecule has 0 saturated heterocycles. The standard InChI is InChI=1S/C13H19NO3S/c1-10(5-6-18(2)15)14-8-11-3-4-12-13(7-11)17-9-16-12/h3-4,7,10,14H,5-6,8-9H2,1-2H3. The van der Waals surface area contributed by atoms with Gasteiger partial charge in [0.1, 0.15) is 0 Å². The van der Waals surface area contributed by atoms with E-state index in [1.807, 2.05) is 18.2 Å². The summed E-state index contributed by atoms with van der Waals surface area (Å²) in [6, 6.07) is 6.33. The number of rotatable bonds is 6. The number of hydrogen-bond donors (Lipinski definition) is 1. The van der Waals surface area contributed by atoms with Crippen LogP contribution < -0.4 is 14.8 Å². The predicted molar refractivity (Wildman–Crippen MR) is 72.4 cm³/mol. The Hall–Kier alpha value is -1.07. The van der Waals surface area contributed by atoms with Crippen molar-refractivity contribution in [1.82, 2.24) is 5.32 Å². The number of benzene rings is 1. The molecule has 18 heavy (non-hydrogen) atoms. The summed E-state index contributed by atoms with van der Waals surface area (Å²) in [5.41, 5.74) is 1.17. The van der Waals surface area contributed by atoms with Crippen molar-refractivity contribution >= 4 is 10.8 Å². The first-order valence-electron chi connectivity index (χ1n) is 6.07.